The Morgan fingerprint density at radius 1 is 1.17 bits per heavy atom. The Balaban J connectivity index is 1.40. The van der Waals surface area contributed by atoms with Crippen LogP contribution >= 0.6 is 0 Å². The van der Waals surface area contributed by atoms with Crippen molar-refractivity contribution < 1.29 is 18.4 Å². The summed E-state index contributed by atoms with van der Waals surface area (Å²) in [4.78, 5) is 28.7. The van der Waals surface area contributed by atoms with Gasteiger partial charge in [0.05, 0.1) is 6.26 Å². The van der Waals surface area contributed by atoms with E-state index < -0.39 is 6.17 Å². The lowest BCUT2D eigenvalue weighted by molar-refractivity contribution is -0.139. The van der Waals surface area contributed by atoms with Gasteiger partial charge in [-0.2, -0.15) is 0 Å². The minimum absolute atomic E-state index is 0.00493. The van der Waals surface area contributed by atoms with Gasteiger partial charge in [-0.3, -0.25) is 9.59 Å². The van der Waals surface area contributed by atoms with Crippen molar-refractivity contribution in [2.24, 2.45) is 11.3 Å². The largest absolute Gasteiger partial charge is 0.459 e. The van der Waals surface area contributed by atoms with Gasteiger partial charge in [0, 0.05) is 37.5 Å². The topological polar surface area (TPSA) is 53.8 Å². The van der Waals surface area contributed by atoms with E-state index in [1.54, 1.807) is 12.1 Å². The first-order chi connectivity index (χ1) is 11.6. The van der Waals surface area contributed by atoms with Crippen LogP contribution in [0, 0.1) is 11.3 Å². The van der Waals surface area contributed by atoms with Crippen LogP contribution in [0.3, 0.4) is 0 Å². The standard InChI is InChI=1S/C18H23FN2O3/c19-14-9-13(10-14)16(22)21-7-5-18(12-21)4-2-6-20(11-18)17(23)15-3-1-8-24-15/h1,3,8,13-14H,2,4-7,9-12H2/t13?,14?,18-/m0/s1. The molecule has 1 aromatic rings. The molecule has 2 aliphatic heterocycles. The highest BCUT2D eigenvalue weighted by Gasteiger charge is 2.46. The number of carbonyl (C=O) groups excluding carboxylic acids is 2. The number of carbonyl (C=O) groups is 2. The average molecular weight is 334 g/mol. The Morgan fingerprint density at radius 3 is 2.67 bits per heavy atom. The zero-order valence-electron chi connectivity index (χ0n) is 13.7. The summed E-state index contributed by atoms with van der Waals surface area (Å²) in [6.45, 7) is 2.84. The number of amides is 2. The van der Waals surface area contributed by atoms with E-state index >= 15 is 0 Å². The molecule has 1 aliphatic carbocycles. The van der Waals surface area contributed by atoms with Crippen molar-refractivity contribution in [3.8, 4) is 0 Å². The van der Waals surface area contributed by atoms with Crippen molar-refractivity contribution >= 4 is 11.8 Å². The number of halogens is 1. The van der Waals surface area contributed by atoms with Crippen molar-refractivity contribution in [3.05, 3.63) is 24.2 Å². The molecule has 2 amide bonds. The highest BCUT2D eigenvalue weighted by atomic mass is 19.1. The van der Waals surface area contributed by atoms with Crippen LogP contribution in [0.5, 0.6) is 0 Å². The predicted octanol–water partition coefficient (Wildman–Crippen LogP) is 2.48. The lowest BCUT2D eigenvalue weighted by Gasteiger charge is -2.40. The molecule has 1 saturated carbocycles. The van der Waals surface area contributed by atoms with Crippen molar-refractivity contribution in [2.75, 3.05) is 26.2 Å². The molecule has 3 aliphatic rings. The Morgan fingerprint density at radius 2 is 1.96 bits per heavy atom. The van der Waals surface area contributed by atoms with E-state index in [1.165, 1.54) is 6.26 Å². The number of furan rings is 1. The van der Waals surface area contributed by atoms with Gasteiger partial charge < -0.3 is 14.2 Å². The third-order valence-corrected chi connectivity index (χ3v) is 5.86. The van der Waals surface area contributed by atoms with Crippen molar-refractivity contribution in [1.82, 2.24) is 9.80 Å². The SMILES string of the molecule is O=C(c1ccco1)N1CCC[C@]2(CCN(C(=O)C3CC(F)C3)C2)C1. The van der Waals surface area contributed by atoms with E-state index in [1.807, 2.05) is 9.80 Å². The van der Waals surface area contributed by atoms with Crippen molar-refractivity contribution in [2.45, 2.75) is 38.3 Å². The summed E-state index contributed by atoms with van der Waals surface area (Å²) >= 11 is 0. The maximum absolute atomic E-state index is 13.0. The summed E-state index contributed by atoms with van der Waals surface area (Å²) in [5.74, 6) is 0.291. The van der Waals surface area contributed by atoms with Crippen LogP contribution < -0.4 is 0 Å². The van der Waals surface area contributed by atoms with Gasteiger partial charge in [-0.05, 0) is 44.2 Å². The van der Waals surface area contributed by atoms with E-state index in [0.717, 1.165) is 32.4 Å². The van der Waals surface area contributed by atoms with Crippen LogP contribution in [0.25, 0.3) is 0 Å². The summed E-state index contributed by atoms with van der Waals surface area (Å²) in [5, 5.41) is 0. The molecule has 0 bridgehead atoms. The first-order valence-corrected chi connectivity index (χ1v) is 8.82. The predicted molar refractivity (Wildman–Crippen MR) is 85.1 cm³/mol. The molecular weight excluding hydrogens is 311 g/mol. The van der Waals surface area contributed by atoms with Crippen LogP contribution in [-0.4, -0.2) is 54.0 Å². The van der Waals surface area contributed by atoms with E-state index in [0.29, 0.717) is 31.7 Å². The van der Waals surface area contributed by atoms with Crippen LogP contribution in [-0.2, 0) is 4.79 Å². The summed E-state index contributed by atoms with van der Waals surface area (Å²) in [7, 11) is 0. The van der Waals surface area contributed by atoms with Gasteiger partial charge >= 0.3 is 0 Å². The van der Waals surface area contributed by atoms with E-state index in [-0.39, 0.29) is 23.1 Å². The molecule has 1 aromatic heterocycles. The minimum atomic E-state index is -0.799. The van der Waals surface area contributed by atoms with E-state index in [9.17, 15) is 14.0 Å². The second kappa shape index (κ2) is 5.90. The van der Waals surface area contributed by atoms with E-state index in [4.69, 9.17) is 4.42 Å². The van der Waals surface area contributed by atoms with Gasteiger partial charge in [0.25, 0.3) is 5.91 Å². The fraction of sp³-hybridized carbons (Fsp3) is 0.667. The molecule has 4 rings (SSSR count). The Kier molecular flexibility index (Phi) is 3.85. The maximum Gasteiger partial charge on any atom is 0.289 e. The molecule has 130 valence electrons. The monoisotopic (exact) mass is 334 g/mol. The number of alkyl halides is 1. The quantitative estimate of drug-likeness (QED) is 0.835. The van der Waals surface area contributed by atoms with Gasteiger partial charge in [0.1, 0.15) is 6.17 Å². The Hall–Kier alpha value is -1.85. The lowest BCUT2D eigenvalue weighted by atomic mass is 9.79. The zero-order chi connectivity index (χ0) is 16.7. The van der Waals surface area contributed by atoms with Crippen LogP contribution in [0.15, 0.2) is 22.8 Å². The van der Waals surface area contributed by atoms with Crippen LogP contribution in [0.2, 0.25) is 0 Å². The second-order valence-electron chi connectivity index (χ2n) is 7.58. The Bertz CT molecular complexity index is 626. The minimum Gasteiger partial charge on any atom is -0.459 e. The van der Waals surface area contributed by atoms with Crippen LogP contribution in [0.1, 0.15) is 42.7 Å². The molecule has 24 heavy (non-hydrogen) atoms. The Labute approximate surface area is 140 Å². The van der Waals surface area contributed by atoms with Crippen LogP contribution in [0.4, 0.5) is 4.39 Å². The van der Waals surface area contributed by atoms with Gasteiger partial charge in [-0.1, -0.05) is 0 Å². The molecule has 1 atom stereocenters. The third kappa shape index (κ3) is 2.72. The van der Waals surface area contributed by atoms with Crippen molar-refractivity contribution in [1.29, 1.82) is 0 Å². The molecule has 0 unspecified atom stereocenters. The van der Waals surface area contributed by atoms with Crippen molar-refractivity contribution in [3.63, 3.8) is 0 Å². The zero-order valence-corrected chi connectivity index (χ0v) is 13.7. The first-order valence-electron chi connectivity index (χ1n) is 8.82. The lowest BCUT2D eigenvalue weighted by Crippen LogP contribution is -2.48. The fourth-order valence-electron chi connectivity index (χ4n) is 4.40. The molecule has 1 spiro atoms. The fourth-order valence-corrected chi connectivity index (χ4v) is 4.40. The molecule has 0 N–H and O–H groups in total. The number of hydrogen-bond donors (Lipinski definition) is 0. The van der Waals surface area contributed by atoms with E-state index in [2.05, 4.69) is 0 Å². The molecule has 0 aromatic carbocycles. The molecule has 5 nitrogen and oxygen atoms in total. The van der Waals surface area contributed by atoms with Gasteiger partial charge in [0.2, 0.25) is 5.91 Å². The normalized spacial score (nSPS) is 32.9. The number of piperidine rings is 1. The molecule has 6 heteroatoms. The summed E-state index contributed by atoms with van der Waals surface area (Å²) < 4.78 is 18.2. The highest BCUT2D eigenvalue weighted by Crippen LogP contribution is 2.41. The third-order valence-electron chi connectivity index (χ3n) is 5.86. The average Bonchev–Trinajstić information content (AvgIpc) is 3.21. The van der Waals surface area contributed by atoms with Gasteiger partial charge in [0.15, 0.2) is 5.76 Å². The highest BCUT2D eigenvalue weighted by molar-refractivity contribution is 5.91. The summed E-state index contributed by atoms with van der Waals surface area (Å²) in [6, 6.07) is 3.41. The number of likely N-dealkylation sites (tertiary alicyclic amines) is 2. The summed E-state index contributed by atoms with van der Waals surface area (Å²) in [5.41, 5.74) is -0.00493. The molecule has 3 heterocycles. The summed E-state index contributed by atoms with van der Waals surface area (Å²) in [6.07, 6.45) is 4.38. The first kappa shape index (κ1) is 15.7. The molecular formula is C18H23FN2O3. The number of hydrogen-bond acceptors (Lipinski definition) is 3. The number of rotatable bonds is 2. The van der Waals surface area contributed by atoms with Gasteiger partial charge in [-0.15, -0.1) is 0 Å². The molecule has 0 radical (unpaired) electrons. The van der Waals surface area contributed by atoms with Gasteiger partial charge in [-0.25, -0.2) is 4.39 Å². The maximum atomic E-state index is 13.0. The number of nitrogens with zero attached hydrogens (tertiary/aromatic N) is 2. The smallest absolute Gasteiger partial charge is 0.289 e. The molecule has 2 saturated heterocycles. The second-order valence-corrected chi connectivity index (χ2v) is 7.58. The molecule has 3 fully saturated rings.